The van der Waals surface area contributed by atoms with Gasteiger partial charge in [0.15, 0.2) is 5.69 Å². The fourth-order valence-electron chi connectivity index (χ4n) is 1.25. The Balaban J connectivity index is 2.80. The van der Waals surface area contributed by atoms with Gasteiger partial charge in [0.25, 0.3) is 0 Å². The van der Waals surface area contributed by atoms with E-state index in [1.165, 1.54) is 18.2 Å². The van der Waals surface area contributed by atoms with Gasteiger partial charge in [-0.3, -0.25) is 10.1 Å². The van der Waals surface area contributed by atoms with E-state index in [4.69, 9.17) is 5.11 Å². The molecule has 1 aromatic carbocycles. The molecule has 1 N–H and O–H groups in total. The standard InChI is InChI=1S/C8H4N2O5/c11-8(12)6-4-2-1-3-5(10(13)14)7(4)15-9-6/h1-3H,(H,11,12). The smallest absolute Gasteiger partial charge is 0.358 e. The molecule has 0 unspecified atom stereocenters. The number of nitrogens with zero attached hydrogens (tertiary/aromatic N) is 2. The summed E-state index contributed by atoms with van der Waals surface area (Å²) in [5, 5.41) is 22.7. The van der Waals surface area contributed by atoms with Crippen LogP contribution in [0.5, 0.6) is 0 Å². The van der Waals surface area contributed by atoms with Crippen LogP contribution in [0.2, 0.25) is 0 Å². The predicted octanol–water partition coefficient (Wildman–Crippen LogP) is 1.43. The normalized spacial score (nSPS) is 10.4. The van der Waals surface area contributed by atoms with Gasteiger partial charge in [0.05, 0.1) is 10.3 Å². The number of aromatic nitrogens is 1. The van der Waals surface area contributed by atoms with Crippen LogP contribution in [0, 0.1) is 10.1 Å². The molecule has 0 spiro atoms. The number of nitro benzene ring substituents is 1. The summed E-state index contributed by atoms with van der Waals surface area (Å²) in [4.78, 5) is 20.6. The van der Waals surface area contributed by atoms with E-state index in [0.29, 0.717) is 0 Å². The van der Waals surface area contributed by atoms with Gasteiger partial charge in [-0.1, -0.05) is 11.2 Å². The van der Waals surface area contributed by atoms with Crippen LogP contribution in [0.1, 0.15) is 10.5 Å². The number of fused-ring (bicyclic) bond motifs is 1. The Morgan fingerprint density at radius 3 is 2.87 bits per heavy atom. The second kappa shape index (κ2) is 3.05. The molecular formula is C8H4N2O5. The summed E-state index contributed by atoms with van der Waals surface area (Å²) in [5.41, 5.74) is -0.749. The molecule has 0 aliphatic carbocycles. The molecule has 0 bridgehead atoms. The van der Waals surface area contributed by atoms with Crippen molar-refractivity contribution in [2.24, 2.45) is 0 Å². The first kappa shape index (κ1) is 9.13. The van der Waals surface area contributed by atoms with Gasteiger partial charge in [-0.2, -0.15) is 0 Å². The molecule has 1 heterocycles. The van der Waals surface area contributed by atoms with Crippen LogP contribution >= 0.6 is 0 Å². The van der Waals surface area contributed by atoms with Crippen molar-refractivity contribution in [1.82, 2.24) is 5.16 Å². The molecule has 76 valence electrons. The Morgan fingerprint density at radius 1 is 1.53 bits per heavy atom. The van der Waals surface area contributed by atoms with Crippen molar-refractivity contribution in [2.45, 2.75) is 0 Å². The second-order valence-electron chi connectivity index (χ2n) is 2.75. The van der Waals surface area contributed by atoms with Crippen LogP contribution in [-0.4, -0.2) is 21.2 Å². The van der Waals surface area contributed by atoms with Crippen LogP contribution < -0.4 is 0 Å². The van der Waals surface area contributed by atoms with Gasteiger partial charge in [-0.05, 0) is 6.07 Å². The molecule has 0 atom stereocenters. The third-order valence-electron chi connectivity index (χ3n) is 1.88. The fourth-order valence-corrected chi connectivity index (χ4v) is 1.25. The van der Waals surface area contributed by atoms with E-state index >= 15 is 0 Å². The molecule has 0 radical (unpaired) electrons. The summed E-state index contributed by atoms with van der Waals surface area (Å²) < 4.78 is 4.63. The van der Waals surface area contributed by atoms with Crippen molar-refractivity contribution in [1.29, 1.82) is 0 Å². The van der Waals surface area contributed by atoms with E-state index in [1.807, 2.05) is 0 Å². The van der Waals surface area contributed by atoms with E-state index in [1.54, 1.807) is 0 Å². The van der Waals surface area contributed by atoms with Crippen LogP contribution in [0.4, 0.5) is 5.69 Å². The maximum absolute atomic E-state index is 10.7. The highest BCUT2D eigenvalue weighted by Gasteiger charge is 2.21. The zero-order valence-electron chi connectivity index (χ0n) is 7.21. The zero-order chi connectivity index (χ0) is 11.0. The van der Waals surface area contributed by atoms with E-state index in [9.17, 15) is 14.9 Å². The molecule has 0 saturated carbocycles. The van der Waals surface area contributed by atoms with Gasteiger partial charge in [0.2, 0.25) is 5.58 Å². The average Bonchev–Trinajstić information content (AvgIpc) is 2.59. The van der Waals surface area contributed by atoms with E-state index in [2.05, 4.69) is 9.68 Å². The largest absolute Gasteiger partial charge is 0.476 e. The van der Waals surface area contributed by atoms with Crippen molar-refractivity contribution in [3.05, 3.63) is 34.0 Å². The number of para-hydroxylation sites is 1. The molecule has 0 aliphatic heterocycles. The number of carboxylic acid groups (broad SMARTS) is 1. The first-order valence-electron chi connectivity index (χ1n) is 3.87. The monoisotopic (exact) mass is 208 g/mol. The van der Waals surface area contributed by atoms with Gasteiger partial charge in [-0.25, -0.2) is 4.79 Å². The highest BCUT2D eigenvalue weighted by atomic mass is 16.6. The molecule has 0 amide bonds. The van der Waals surface area contributed by atoms with E-state index in [0.717, 1.165) is 0 Å². The minimum atomic E-state index is -1.28. The number of rotatable bonds is 2. The summed E-state index contributed by atoms with van der Waals surface area (Å²) in [6.07, 6.45) is 0. The Kier molecular flexibility index (Phi) is 1.86. The lowest BCUT2D eigenvalue weighted by molar-refractivity contribution is -0.383. The topological polar surface area (TPSA) is 106 Å². The fraction of sp³-hybridized carbons (Fsp3) is 0. The highest BCUT2D eigenvalue weighted by molar-refractivity contribution is 6.02. The van der Waals surface area contributed by atoms with Gasteiger partial charge in [-0.15, -0.1) is 0 Å². The van der Waals surface area contributed by atoms with Crippen LogP contribution in [0.15, 0.2) is 22.7 Å². The predicted molar refractivity (Wildman–Crippen MR) is 47.6 cm³/mol. The third kappa shape index (κ3) is 1.30. The Morgan fingerprint density at radius 2 is 2.27 bits per heavy atom. The number of aromatic carboxylic acids is 1. The van der Waals surface area contributed by atoms with Crippen molar-refractivity contribution in [2.75, 3.05) is 0 Å². The summed E-state index contributed by atoms with van der Waals surface area (Å²) in [5.74, 6) is -1.28. The number of hydrogen-bond acceptors (Lipinski definition) is 5. The summed E-state index contributed by atoms with van der Waals surface area (Å²) in [6.45, 7) is 0. The summed E-state index contributed by atoms with van der Waals surface area (Å²) >= 11 is 0. The maximum atomic E-state index is 10.7. The lowest BCUT2D eigenvalue weighted by atomic mass is 10.2. The molecule has 1 aromatic heterocycles. The van der Waals surface area contributed by atoms with Crippen molar-refractivity contribution in [3.8, 4) is 0 Å². The molecule has 0 aliphatic rings. The summed E-state index contributed by atoms with van der Waals surface area (Å²) in [6, 6.07) is 4.01. The van der Waals surface area contributed by atoms with Crippen molar-refractivity contribution < 1.29 is 19.3 Å². The second-order valence-corrected chi connectivity index (χ2v) is 2.75. The maximum Gasteiger partial charge on any atom is 0.358 e. The van der Waals surface area contributed by atoms with Gasteiger partial charge >= 0.3 is 11.7 Å². The molecule has 7 nitrogen and oxygen atoms in total. The SMILES string of the molecule is O=C(O)c1noc2c([N+](=O)[O-])cccc12. The number of hydrogen-bond donors (Lipinski definition) is 1. The summed E-state index contributed by atoms with van der Waals surface area (Å²) in [7, 11) is 0. The molecule has 0 fully saturated rings. The van der Waals surface area contributed by atoms with Crippen molar-refractivity contribution >= 4 is 22.6 Å². The number of benzene rings is 1. The Labute approximate surface area is 82.1 Å². The van der Waals surface area contributed by atoms with Crippen LogP contribution in [0.3, 0.4) is 0 Å². The van der Waals surface area contributed by atoms with E-state index in [-0.39, 0.29) is 22.4 Å². The van der Waals surface area contributed by atoms with Crippen molar-refractivity contribution in [3.63, 3.8) is 0 Å². The molecule has 7 heteroatoms. The third-order valence-corrected chi connectivity index (χ3v) is 1.88. The lowest BCUT2D eigenvalue weighted by Crippen LogP contribution is -1.96. The molecule has 0 saturated heterocycles. The number of carbonyl (C=O) groups is 1. The van der Waals surface area contributed by atoms with Gasteiger partial charge < -0.3 is 9.63 Å². The minimum absolute atomic E-state index is 0.122. The first-order valence-corrected chi connectivity index (χ1v) is 3.87. The number of carboxylic acids is 1. The number of nitro groups is 1. The minimum Gasteiger partial charge on any atom is -0.476 e. The quantitative estimate of drug-likeness (QED) is 0.590. The molecule has 2 rings (SSSR count). The van der Waals surface area contributed by atoms with Crippen LogP contribution in [-0.2, 0) is 0 Å². The Hall–Kier alpha value is -2.44. The lowest BCUT2D eigenvalue weighted by Gasteiger charge is -1.90. The first-order chi connectivity index (χ1) is 7.11. The molecule has 2 aromatic rings. The molecule has 15 heavy (non-hydrogen) atoms. The van der Waals surface area contributed by atoms with Gasteiger partial charge in [0.1, 0.15) is 0 Å². The van der Waals surface area contributed by atoms with E-state index < -0.39 is 10.9 Å². The number of non-ortho nitro benzene ring substituents is 1. The zero-order valence-corrected chi connectivity index (χ0v) is 7.21. The average molecular weight is 208 g/mol. The van der Waals surface area contributed by atoms with Gasteiger partial charge in [0, 0.05) is 6.07 Å². The highest BCUT2D eigenvalue weighted by Crippen LogP contribution is 2.27. The van der Waals surface area contributed by atoms with Crippen LogP contribution in [0.25, 0.3) is 11.0 Å². The Bertz CT molecular complexity index is 559. The molecular weight excluding hydrogens is 204 g/mol.